The smallest absolute Gasteiger partial charge is 0.326 e. The molecule has 0 aromatic heterocycles. The third-order valence-electron chi connectivity index (χ3n) is 3.99. The number of amides is 1. The van der Waals surface area contributed by atoms with Gasteiger partial charge in [0.2, 0.25) is 5.91 Å². The first-order chi connectivity index (χ1) is 8.15. The van der Waals surface area contributed by atoms with Gasteiger partial charge in [-0.25, -0.2) is 4.79 Å². The SMILES string of the molecule is CNCC(=O)N1C(C(=O)O)CC2CCCCC21. The predicted octanol–water partition coefficient (Wildman–Crippen LogP) is 0.450. The minimum Gasteiger partial charge on any atom is -0.480 e. The highest BCUT2D eigenvalue weighted by Crippen LogP contribution is 2.39. The molecule has 0 aromatic rings. The maximum atomic E-state index is 12.0. The molecule has 0 aromatic carbocycles. The van der Waals surface area contributed by atoms with Crippen molar-refractivity contribution in [2.45, 2.75) is 44.2 Å². The standard InChI is InChI=1S/C12H20N2O3/c1-13-7-11(15)14-9-5-3-2-4-8(9)6-10(14)12(16)17/h8-10,13H,2-7H2,1H3,(H,16,17). The van der Waals surface area contributed by atoms with Gasteiger partial charge in [0, 0.05) is 6.04 Å². The molecule has 5 nitrogen and oxygen atoms in total. The van der Waals surface area contributed by atoms with Crippen molar-refractivity contribution in [1.29, 1.82) is 0 Å². The lowest BCUT2D eigenvalue weighted by molar-refractivity contribution is -0.149. The van der Waals surface area contributed by atoms with Gasteiger partial charge in [-0.1, -0.05) is 12.8 Å². The lowest BCUT2D eigenvalue weighted by atomic mass is 9.85. The van der Waals surface area contributed by atoms with Gasteiger partial charge in [-0.15, -0.1) is 0 Å². The average molecular weight is 240 g/mol. The van der Waals surface area contributed by atoms with E-state index in [1.807, 2.05) is 0 Å². The summed E-state index contributed by atoms with van der Waals surface area (Å²) in [6, 6.07) is -0.449. The maximum absolute atomic E-state index is 12.0. The normalized spacial score (nSPS) is 32.3. The molecule has 3 atom stereocenters. The topological polar surface area (TPSA) is 69.6 Å². The Morgan fingerprint density at radius 3 is 2.71 bits per heavy atom. The van der Waals surface area contributed by atoms with Crippen LogP contribution in [0.15, 0.2) is 0 Å². The second kappa shape index (κ2) is 5.04. The fraction of sp³-hybridized carbons (Fsp3) is 0.833. The van der Waals surface area contributed by atoms with Crippen LogP contribution in [0.1, 0.15) is 32.1 Å². The van der Waals surface area contributed by atoms with E-state index in [1.54, 1.807) is 11.9 Å². The zero-order valence-corrected chi connectivity index (χ0v) is 10.2. The molecule has 1 amide bonds. The Morgan fingerprint density at radius 2 is 2.06 bits per heavy atom. The van der Waals surface area contributed by atoms with Crippen LogP contribution in [0.4, 0.5) is 0 Å². The van der Waals surface area contributed by atoms with Crippen LogP contribution in [-0.4, -0.2) is 47.6 Å². The summed E-state index contributed by atoms with van der Waals surface area (Å²) in [6.45, 7) is 0.229. The number of carbonyl (C=O) groups excluding carboxylic acids is 1. The highest BCUT2D eigenvalue weighted by atomic mass is 16.4. The highest BCUT2D eigenvalue weighted by Gasteiger charge is 2.47. The van der Waals surface area contributed by atoms with Gasteiger partial charge in [-0.2, -0.15) is 0 Å². The molecule has 5 heteroatoms. The van der Waals surface area contributed by atoms with E-state index in [0.29, 0.717) is 12.3 Å². The van der Waals surface area contributed by atoms with Crippen LogP contribution < -0.4 is 5.32 Å². The predicted molar refractivity (Wildman–Crippen MR) is 62.6 cm³/mol. The molecule has 3 unspecified atom stereocenters. The molecule has 1 saturated carbocycles. The first-order valence-corrected chi connectivity index (χ1v) is 6.33. The number of carboxylic acid groups (broad SMARTS) is 1. The lowest BCUT2D eigenvalue weighted by Crippen LogP contribution is -2.49. The van der Waals surface area contributed by atoms with E-state index in [4.69, 9.17) is 0 Å². The maximum Gasteiger partial charge on any atom is 0.326 e. The molecule has 0 bridgehead atoms. The van der Waals surface area contributed by atoms with Crippen molar-refractivity contribution in [3.63, 3.8) is 0 Å². The van der Waals surface area contributed by atoms with E-state index in [1.165, 1.54) is 6.42 Å². The zero-order chi connectivity index (χ0) is 12.4. The Kier molecular flexibility index (Phi) is 3.66. The minimum atomic E-state index is -0.858. The van der Waals surface area contributed by atoms with Gasteiger partial charge < -0.3 is 15.3 Å². The van der Waals surface area contributed by atoms with E-state index in [0.717, 1.165) is 19.3 Å². The van der Waals surface area contributed by atoms with E-state index in [9.17, 15) is 14.7 Å². The summed E-state index contributed by atoms with van der Waals surface area (Å²) in [4.78, 5) is 24.9. The summed E-state index contributed by atoms with van der Waals surface area (Å²) in [5.41, 5.74) is 0. The first-order valence-electron chi connectivity index (χ1n) is 6.33. The van der Waals surface area contributed by atoms with Crippen molar-refractivity contribution in [2.75, 3.05) is 13.6 Å². The second-order valence-electron chi connectivity index (χ2n) is 5.03. The third kappa shape index (κ3) is 2.29. The first kappa shape index (κ1) is 12.4. The molecule has 1 aliphatic carbocycles. The van der Waals surface area contributed by atoms with Crippen LogP contribution in [0.5, 0.6) is 0 Å². The number of likely N-dealkylation sites (tertiary alicyclic amines) is 1. The van der Waals surface area contributed by atoms with E-state index >= 15 is 0 Å². The van der Waals surface area contributed by atoms with Gasteiger partial charge in [-0.3, -0.25) is 4.79 Å². The highest BCUT2D eigenvalue weighted by molar-refractivity contribution is 5.85. The molecule has 2 aliphatic rings. The number of rotatable bonds is 3. The van der Waals surface area contributed by atoms with Crippen LogP contribution in [0, 0.1) is 5.92 Å². The lowest BCUT2D eigenvalue weighted by Gasteiger charge is -2.33. The van der Waals surface area contributed by atoms with Crippen LogP contribution in [0.3, 0.4) is 0 Å². The Labute approximate surface area is 101 Å². The number of carbonyl (C=O) groups is 2. The molecule has 0 spiro atoms. The van der Waals surface area contributed by atoms with Gasteiger partial charge in [0.05, 0.1) is 6.54 Å². The van der Waals surface area contributed by atoms with Crippen molar-refractivity contribution in [1.82, 2.24) is 10.2 Å². The summed E-state index contributed by atoms with van der Waals surface area (Å²) in [5, 5.41) is 12.0. The van der Waals surface area contributed by atoms with Crippen molar-refractivity contribution in [3.05, 3.63) is 0 Å². The number of hydrogen-bond donors (Lipinski definition) is 2. The molecular formula is C12H20N2O3. The summed E-state index contributed by atoms with van der Waals surface area (Å²) in [7, 11) is 1.71. The Balaban J connectivity index is 2.17. The van der Waals surface area contributed by atoms with Crippen molar-refractivity contribution >= 4 is 11.9 Å². The number of hydrogen-bond acceptors (Lipinski definition) is 3. The molecule has 2 fully saturated rings. The van der Waals surface area contributed by atoms with Crippen molar-refractivity contribution < 1.29 is 14.7 Å². The molecule has 2 N–H and O–H groups in total. The molecule has 2 rings (SSSR count). The number of nitrogens with zero attached hydrogens (tertiary/aromatic N) is 1. The molecular weight excluding hydrogens is 220 g/mol. The number of likely N-dealkylation sites (N-methyl/N-ethyl adjacent to an activating group) is 1. The molecule has 0 radical (unpaired) electrons. The summed E-state index contributed by atoms with van der Waals surface area (Å²) < 4.78 is 0. The Bertz CT molecular complexity index is 319. The van der Waals surface area contributed by atoms with Gasteiger partial charge in [-0.05, 0) is 32.2 Å². The summed E-state index contributed by atoms with van der Waals surface area (Å²) in [5.74, 6) is -0.538. The second-order valence-corrected chi connectivity index (χ2v) is 5.03. The third-order valence-corrected chi connectivity index (χ3v) is 3.99. The van der Waals surface area contributed by atoms with Crippen LogP contribution in [0.2, 0.25) is 0 Å². The molecule has 96 valence electrons. The van der Waals surface area contributed by atoms with E-state index in [2.05, 4.69) is 5.32 Å². The summed E-state index contributed by atoms with van der Waals surface area (Å²) >= 11 is 0. The molecule has 1 aliphatic heterocycles. The fourth-order valence-corrected chi connectivity index (χ4v) is 3.28. The van der Waals surface area contributed by atoms with Crippen molar-refractivity contribution in [3.8, 4) is 0 Å². The van der Waals surface area contributed by atoms with Gasteiger partial charge in [0.1, 0.15) is 6.04 Å². The van der Waals surface area contributed by atoms with Crippen LogP contribution in [0.25, 0.3) is 0 Å². The Hall–Kier alpha value is -1.10. The number of nitrogens with one attached hydrogen (secondary N) is 1. The quantitative estimate of drug-likeness (QED) is 0.751. The fourth-order valence-electron chi connectivity index (χ4n) is 3.28. The number of aliphatic carboxylic acids is 1. The van der Waals surface area contributed by atoms with Gasteiger partial charge in [0.15, 0.2) is 0 Å². The van der Waals surface area contributed by atoms with E-state index < -0.39 is 12.0 Å². The monoisotopic (exact) mass is 240 g/mol. The number of carboxylic acids is 1. The van der Waals surface area contributed by atoms with Gasteiger partial charge in [0.25, 0.3) is 0 Å². The average Bonchev–Trinajstić information content (AvgIpc) is 2.68. The molecule has 1 heterocycles. The summed E-state index contributed by atoms with van der Waals surface area (Å²) in [6.07, 6.45) is 4.94. The van der Waals surface area contributed by atoms with Crippen LogP contribution in [-0.2, 0) is 9.59 Å². The van der Waals surface area contributed by atoms with E-state index in [-0.39, 0.29) is 18.5 Å². The minimum absolute atomic E-state index is 0.0747. The Morgan fingerprint density at radius 1 is 1.35 bits per heavy atom. The largest absolute Gasteiger partial charge is 0.480 e. The zero-order valence-electron chi connectivity index (χ0n) is 10.2. The van der Waals surface area contributed by atoms with Crippen molar-refractivity contribution in [2.24, 2.45) is 5.92 Å². The molecule has 17 heavy (non-hydrogen) atoms. The number of fused-ring (bicyclic) bond motifs is 1. The van der Waals surface area contributed by atoms with Crippen LogP contribution >= 0.6 is 0 Å². The molecule has 1 saturated heterocycles. The van der Waals surface area contributed by atoms with Gasteiger partial charge >= 0.3 is 5.97 Å².